The zero-order chi connectivity index (χ0) is 22.2. The molecule has 1 aliphatic rings. The molecule has 2 unspecified atom stereocenters. The number of nitrogens with zero attached hydrogens (tertiary/aromatic N) is 2. The highest BCUT2D eigenvalue weighted by Gasteiger charge is 2.44. The summed E-state index contributed by atoms with van der Waals surface area (Å²) >= 11 is 0. The summed E-state index contributed by atoms with van der Waals surface area (Å²) in [5, 5.41) is 10.2. The Kier molecular flexibility index (Phi) is 5.36. The zero-order valence-corrected chi connectivity index (χ0v) is 17.9. The number of carbonyl (C=O) groups is 2. The van der Waals surface area contributed by atoms with Crippen molar-refractivity contribution in [1.29, 1.82) is 0 Å². The molecule has 5 heteroatoms. The van der Waals surface area contributed by atoms with E-state index in [0.717, 1.165) is 16.7 Å². The molecule has 0 bridgehead atoms. The standard InChI is InChI=1S/C26H26N2O3/c1-26(2,3)19-12-10-18(11-13-19)23-22(25(30)31)20-8-4-5-9-21(20)24(29)28(23)16-17-7-6-14-27-15-17/h4-15,22-23H,16H2,1-3H3,(H,30,31). The number of hydrogen-bond donors (Lipinski definition) is 1. The monoisotopic (exact) mass is 414 g/mol. The number of carboxylic acids is 1. The summed E-state index contributed by atoms with van der Waals surface area (Å²) in [4.78, 5) is 31.8. The Balaban J connectivity index is 1.86. The molecule has 0 fully saturated rings. The number of aliphatic carboxylic acids is 1. The SMILES string of the molecule is CC(C)(C)c1ccc(C2C(C(=O)O)c3ccccc3C(=O)N2Cc2cccnc2)cc1. The molecule has 1 aliphatic heterocycles. The van der Waals surface area contributed by atoms with Crippen LogP contribution < -0.4 is 0 Å². The van der Waals surface area contributed by atoms with Crippen molar-refractivity contribution < 1.29 is 14.7 Å². The maximum Gasteiger partial charge on any atom is 0.313 e. The van der Waals surface area contributed by atoms with Crippen molar-refractivity contribution in [1.82, 2.24) is 9.88 Å². The van der Waals surface area contributed by atoms with Gasteiger partial charge in [-0.1, -0.05) is 69.3 Å². The highest BCUT2D eigenvalue weighted by atomic mass is 16.4. The number of carbonyl (C=O) groups excluding carboxylic acids is 1. The third-order valence-electron chi connectivity index (χ3n) is 5.90. The third-order valence-corrected chi connectivity index (χ3v) is 5.90. The van der Waals surface area contributed by atoms with Crippen molar-refractivity contribution in [3.63, 3.8) is 0 Å². The highest BCUT2D eigenvalue weighted by Crippen LogP contribution is 2.43. The number of pyridine rings is 1. The molecular weight excluding hydrogens is 388 g/mol. The minimum absolute atomic E-state index is 0.0187. The van der Waals surface area contributed by atoms with Crippen LogP contribution in [-0.2, 0) is 16.8 Å². The molecule has 1 N–H and O–H groups in total. The van der Waals surface area contributed by atoms with E-state index in [1.54, 1.807) is 41.6 Å². The molecule has 2 atom stereocenters. The number of carboxylic acid groups (broad SMARTS) is 1. The molecule has 31 heavy (non-hydrogen) atoms. The predicted octanol–water partition coefficient (Wildman–Crippen LogP) is 4.94. The van der Waals surface area contributed by atoms with Gasteiger partial charge in [0.2, 0.25) is 0 Å². The van der Waals surface area contributed by atoms with Crippen LogP contribution in [0, 0.1) is 0 Å². The van der Waals surface area contributed by atoms with E-state index in [1.807, 2.05) is 36.4 Å². The second-order valence-corrected chi connectivity index (χ2v) is 9.01. The number of amides is 1. The maximum absolute atomic E-state index is 13.5. The lowest BCUT2D eigenvalue weighted by atomic mass is 9.78. The van der Waals surface area contributed by atoms with Gasteiger partial charge >= 0.3 is 5.97 Å². The van der Waals surface area contributed by atoms with Gasteiger partial charge in [-0.3, -0.25) is 14.6 Å². The Morgan fingerprint density at radius 3 is 2.35 bits per heavy atom. The Labute approximate surface area is 182 Å². The van der Waals surface area contributed by atoms with E-state index in [4.69, 9.17) is 0 Å². The fourth-order valence-electron chi connectivity index (χ4n) is 4.27. The first kappa shape index (κ1) is 20.8. The van der Waals surface area contributed by atoms with Crippen LogP contribution in [0.15, 0.2) is 73.1 Å². The van der Waals surface area contributed by atoms with Crippen LogP contribution in [0.3, 0.4) is 0 Å². The van der Waals surface area contributed by atoms with Gasteiger partial charge in [-0.2, -0.15) is 0 Å². The lowest BCUT2D eigenvalue weighted by Crippen LogP contribution is -2.44. The van der Waals surface area contributed by atoms with Gasteiger partial charge < -0.3 is 10.0 Å². The Morgan fingerprint density at radius 1 is 1.03 bits per heavy atom. The molecule has 158 valence electrons. The molecule has 3 aromatic rings. The summed E-state index contributed by atoms with van der Waals surface area (Å²) in [5.74, 6) is -1.96. The Bertz CT molecular complexity index is 1100. The van der Waals surface area contributed by atoms with Crippen LogP contribution in [0.2, 0.25) is 0 Å². The van der Waals surface area contributed by atoms with Gasteiger partial charge in [0, 0.05) is 24.5 Å². The largest absolute Gasteiger partial charge is 0.481 e. The fraction of sp³-hybridized carbons (Fsp3) is 0.269. The number of fused-ring (bicyclic) bond motifs is 1. The topological polar surface area (TPSA) is 70.5 Å². The molecule has 4 rings (SSSR count). The van der Waals surface area contributed by atoms with Crippen LogP contribution >= 0.6 is 0 Å². The van der Waals surface area contributed by atoms with Gasteiger partial charge in [0.15, 0.2) is 0 Å². The molecule has 0 saturated carbocycles. The summed E-state index contributed by atoms with van der Waals surface area (Å²) in [6.45, 7) is 6.70. The van der Waals surface area contributed by atoms with Gasteiger partial charge in [0.05, 0.1) is 6.04 Å². The summed E-state index contributed by atoms with van der Waals surface area (Å²) in [6, 6.07) is 18.1. The first-order valence-electron chi connectivity index (χ1n) is 10.4. The minimum Gasteiger partial charge on any atom is -0.481 e. The van der Waals surface area contributed by atoms with Crippen molar-refractivity contribution in [2.75, 3.05) is 0 Å². The van der Waals surface area contributed by atoms with E-state index in [9.17, 15) is 14.7 Å². The normalized spacial score (nSPS) is 18.5. The van der Waals surface area contributed by atoms with E-state index in [2.05, 4.69) is 25.8 Å². The smallest absolute Gasteiger partial charge is 0.313 e. The lowest BCUT2D eigenvalue weighted by Gasteiger charge is -2.41. The molecule has 1 amide bonds. The number of benzene rings is 2. The summed E-state index contributed by atoms with van der Waals surface area (Å²) in [6.07, 6.45) is 3.39. The molecule has 0 saturated heterocycles. The van der Waals surface area contributed by atoms with Crippen LogP contribution in [0.1, 0.15) is 65.3 Å². The number of rotatable bonds is 4. The molecule has 0 spiro atoms. The van der Waals surface area contributed by atoms with Crippen LogP contribution in [0.4, 0.5) is 0 Å². The van der Waals surface area contributed by atoms with Gasteiger partial charge in [-0.05, 0) is 39.8 Å². The number of hydrogen-bond acceptors (Lipinski definition) is 3. The minimum atomic E-state index is -0.943. The second-order valence-electron chi connectivity index (χ2n) is 9.01. The van der Waals surface area contributed by atoms with Crippen molar-refractivity contribution in [2.45, 2.75) is 44.7 Å². The Hall–Kier alpha value is -3.47. The third kappa shape index (κ3) is 3.96. The molecule has 1 aromatic heterocycles. The van der Waals surface area contributed by atoms with Crippen LogP contribution in [0.25, 0.3) is 0 Å². The van der Waals surface area contributed by atoms with Gasteiger partial charge in [-0.25, -0.2) is 0 Å². The van der Waals surface area contributed by atoms with E-state index >= 15 is 0 Å². The molecule has 0 radical (unpaired) electrons. The maximum atomic E-state index is 13.5. The van der Waals surface area contributed by atoms with Crippen LogP contribution in [0.5, 0.6) is 0 Å². The quantitative estimate of drug-likeness (QED) is 0.656. The zero-order valence-electron chi connectivity index (χ0n) is 17.9. The summed E-state index contributed by atoms with van der Waals surface area (Å²) < 4.78 is 0. The van der Waals surface area contributed by atoms with E-state index in [1.165, 1.54) is 0 Å². The molecule has 0 aliphatic carbocycles. The van der Waals surface area contributed by atoms with E-state index < -0.39 is 17.9 Å². The average molecular weight is 415 g/mol. The highest BCUT2D eigenvalue weighted by molar-refractivity contribution is 6.00. The molecule has 5 nitrogen and oxygen atoms in total. The Morgan fingerprint density at radius 2 is 1.74 bits per heavy atom. The van der Waals surface area contributed by atoms with E-state index in [-0.39, 0.29) is 17.9 Å². The predicted molar refractivity (Wildman–Crippen MR) is 119 cm³/mol. The van der Waals surface area contributed by atoms with Crippen molar-refractivity contribution in [3.8, 4) is 0 Å². The summed E-state index contributed by atoms with van der Waals surface area (Å²) in [5.41, 5.74) is 3.82. The van der Waals surface area contributed by atoms with Crippen LogP contribution in [-0.4, -0.2) is 26.9 Å². The lowest BCUT2D eigenvalue weighted by molar-refractivity contribution is -0.140. The van der Waals surface area contributed by atoms with Crippen molar-refractivity contribution >= 4 is 11.9 Å². The van der Waals surface area contributed by atoms with Gasteiger partial charge in [-0.15, -0.1) is 0 Å². The van der Waals surface area contributed by atoms with Gasteiger partial charge in [0.1, 0.15) is 5.92 Å². The van der Waals surface area contributed by atoms with Gasteiger partial charge in [0.25, 0.3) is 5.91 Å². The first-order chi connectivity index (χ1) is 14.8. The fourth-order valence-corrected chi connectivity index (χ4v) is 4.27. The average Bonchev–Trinajstić information content (AvgIpc) is 2.75. The molecular formula is C26H26N2O3. The van der Waals surface area contributed by atoms with Crippen molar-refractivity contribution in [2.24, 2.45) is 0 Å². The number of aromatic nitrogens is 1. The van der Waals surface area contributed by atoms with E-state index in [0.29, 0.717) is 11.1 Å². The molecule has 2 heterocycles. The second kappa shape index (κ2) is 7.99. The molecule has 2 aromatic carbocycles. The van der Waals surface area contributed by atoms with Crippen molar-refractivity contribution in [3.05, 3.63) is 101 Å². The summed E-state index contributed by atoms with van der Waals surface area (Å²) in [7, 11) is 0. The first-order valence-corrected chi connectivity index (χ1v) is 10.4.